The normalized spacial score (nSPS) is 21.4. The van der Waals surface area contributed by atoms with E-state index in [0.29, 0.717) is 23.9 Å². The summed E-state index contributed by atoms with van der Waals surface area (Å²) in [6, 6.07) is 13.2. The van der Waals surface area contributed by atoms with Gasteiger partial charge in [0.1, 0.15) is 0 Å². The van der Waals surface area contributed by atoms with E-state index in [1.54, 1.807) is 11.7 Å². The molecule has 0 radical (unpaired) electrons. The lowest BCUT2D eigenvalue weighted by atomic mass is 9.84. The Bertz CT molecular complexity index is 1150. The predicted octanol–water partition coefficient (Wildman–Crippen LogP) is 5.58. The van der Waals surface area contributed by atoms with Crippen LogP contribution in [0, 0.1) is 5.92 Å². The number of halogens is 4. The van der Waals surface area contributed by atoms with Gasteiger partial charge in [0.05, 0.1) is 23.0 Å². The zero-order valence-corrected chi connectivity index (χ0v) is 20.3. The Labute approximate surface area is 204 Å². The summed E-state index contributed by atoms with van der Waals surface area (Å²) >= 11 is 3.25. The van der Waals surface area contributed by atoms with Gasteiger partial charge < -0.3 is 5.32 Å². The molecule has 1 unspecified atom stereocenters. The number of nitrogens with zero attached hydrogens (tertiary/aromatic N) is 4. The average molecular weight is 536 g/mol. The van der Waals surface area contributed by atoms with Crippen molar-refractivity contribution in [2.24, 2.45) is 13.0 Å². The molecule has 2 heterocycles. The van der Waals surface area contributed by atoms with E-state index in [1.165, 1.54) is 6.07 Å². The third-order valence-corrected chi connectivity index (χ3v) is 6.88. The molecule has 6 nitrogen and oxygen atoms in total. The van der Waals surface area contributed by atoms with E-state index in [9.17, 15) is 18.0 Å². The second-order valence-electron chi connectivity index (χ2n) is 8.69. The molecule has 1 aromatic heterocycles. The number of anilines is 1. The van der Waals surface area contributed by atoms with E-state index in [4.69, 9.17) is 0 Å². The molecule has 3 atom stereocenters. The van der Waals surface area contributed by atoms with Crippen LogP contribution in [0.2, 0.25) is 0 Å². The number of hydrogen-bond donors (Lipinski definition) is 1. The topological polar surface area (TPSA) is 63.1 Å². The minimum atomic E-state index is -4.49. The van der Waals surface area contributed by atoms with Crippen LogP contribution in [-0.4, -0.2) is 31.8 Å². The van der Waals surface area contributed by atoms with Crippen molar-refractivity contribution in [3.63, 3.8) is 0 Å². The monoisotopic (exact) mass is 535 g/mol. The number of carbonyl (C=O) groups is 1. The Balaban J connectivity index is 1.56. The highest BCUT2D eigenvalue weighted by molar-refractivity contribution is 9.10. The molecular formula is C24H25BrF3N5O. The van der Waals surface area contributed by atoms with Gasteiger partial charge in [0.2, 0.25) is 5.91 Å². The number of benzene rings is 2. The van der Waals surface area contributed by atoms with Gasteiger partial charge in [0, 0.05) is 36.2 Å². The Kier molecular flexibility index (Phi) is 7.09. The van der Waals surface area contributed by atoms with E-state index in [1.807, 2.05) is 24.4 Å². The Hall–Kier alpha value is -2.72. The third-order valence-electron chi connectivity index (χ3n) is 6.19. The lowest BCUT2D eigenvalue weighted by Crippen LogP contribution is -2.45. The van der Waals surface area contributed by atoms with Crippen LogP contribution in [0.1, 0.15) is 42.6 Å². The Morgan fingerprint density at radius 3 is 2.56 bits per heavy atom. The van der Waals surface area contributed by atoms with Crippen LogP contribution >= 0.6 is 15.9 Å². The van der Waals surface area contributed by atoms with Crippen LogP contribution < -0.4 is 5.32 Å². The summed E-state index contributed by atoms with van der Waals surface area (Å²) in [6.45, 7) is 2.75. The number of piperidine rings is 1. The third kappa shape index (κ3) is 5.50. The molecule has 1 aliphatic heterocycles. The summed E-state index contributed by atoms with van der Waals surface area (Å²) in [4.78, 5) is 15.5. The molecule has 10 heteroatoms. The number of aryl methyl sites for hydroxylation is 1. The number of carbonyl (C=O) groups excluding carboxylic acids is 1. The number of alkyl halides is 3. The van der Waals surface area contributed by atoms with E-state index < -0.39 is 17.7 Å². The maximum Gasteiger partial charge on any atom is 0.416 e. The van der Waals surface area contributed by atoms with Gasteiger partial charge in [-0.05, 0) is 59.5 Å². The number of amides is 1. The highest BCUT2D eigenvalue weighted by Gasteiger charge is 2.39. The fraction of sp³-hybridized carbons (Fsp3) is 0.375. The minimum absolute atomic E-state index is 0.0432. The van der Waals surface area contributed by atoms with E-state index in [2.05, 4.69) is 55.5 Å². The molecule has 1 saturated heterocycles. The first-order valence-corrected chi connectivity index (χ1v) is 11.7. The molecular weight excluding hydrogens is 511 g/mol. The molecule has 1 fully saturated rings. The lowest BCUT2D eigenvalue weighted by Gasteiger charge is -2.43. The van der Waals surface area contributed by atoms with Crippen molar-refractivity contribution in [2.75, 3.05) is 5.32 Å². The molecule has 180 valence electrons. The van der Waals surface area contributed by atoms with Crippen LogP contribution in [0.5, 0.6) is 0 Å². The van der Waals surface area contributed by atoms with Crippen LogP contribution in [0.15, 0.2) is 59.2 Å². The van der Waals surface area contributed by atoms with Gasteiger partial charge in [-0.1, -0.05) is 35.5 Å². The SMILES string of the molecule is C[C@H]1CC(C(=O)Nc2cc(C(F)(F)F)ccc2Br)C[C@@H](c2cn(C)nn2)N1Cc1ccccc1. The first-order valence-electron chi connectivity index (χ1n) is 11.0. The molecule has 1 amide bonds. The smallest absolute Gasteiger partial charge is 0.325 e. The summed E-state index contributed by atoms with van der Waals surface area (Å²) < 4.78 is 41.5. The van der Waals surface area contributed by atoms with E-state index in [-0.39, 0.29) is 23.7 Å². The molecule has 1 N–H and O–H groups in total. The molecule has 0 spiro atoms. The Morgan fingerprint density at radius 2 is 1.91 bits per heavy atom. The largest absolute Gasteiger partial charge is 0.416 e. The van der Waals surface area contributed by atoms with Crippen molar-refractivity contribution in [2.45, 2.75) is 44.6 Å². The van der Waals surface area contributed by atoms with Crippen molar-refractivity contribution >= 4 is 27.5 Å². The zero-order chi connectivity index (χ0) is 24.5. The molecule has 2 aromatic carbocycles. The Morgan fingerprint density at radius 1 is 1.18 bits per heavy atom. The van der Waals surface area contributed by atoms with Crippen molar-refractivity contribution in [1.82, 2.24) is 19.9 Å². The second kappa shape index (κ2) is 9.87. The van der Waals surface area contributed by atoms with Gasteiger partial charge in [0.15, 0.2) is 0 Å². The first kappa shape index (κ1) is 24.4. The number of aromatic nitrogens is 3. The number of nitrogens with one attached hydrogen (secondary N) is 1. The highest BCUT2D eigenvalue weighted by atomic mass is 79.9. The van der Waals surface area contributed by atoms with E-state index >= 15 is 0 Å². The molecule has 0 bridgehead atoms. The summed E-state index contributed by atoms with van der Waals surface area (Å²) in [5.41, 5.74) is 1.21. The summed E-state index contributed by atoms with van der Waals surface area (Å²) in [6.07, 6.45) is -1.59. The fourth-order valence-electron chi connectivity index (χ4n) is 4.47. The molecule has 0 saturated carbocycles. The second-order valence-corrected chi connectivity index (χ2v) is 9.54. The molecule has 34 heavy (non-hydrogen) atoms. The van der Waals surface area contributed by atoms with Crippen LogP contribution in [0.4, 0.5) is 18.9 Å². The van der Waals surface area contributed by atoms with E-state index in [0.717, 1.165) is 23.4 Å². The summed E-state index contributed by atoms with van der Waals surface area (Å²) in [5, 5.41) is 11.1. The number of hydrogen-bond acceptors (Lipinski definition) is 4. The summed E-state index contributed by atoms with van der Waals surface area (Å²) in [7, 11) is 1.79. The molecule has 3 aromatic rings. The van der Waals surface area contributed by atoms with Gasteiger partial charge in [-0.3, -0.25) is 14.4 Å². The van der Waals surface area contributed by atoms with Gasteiger partial charge in [-0.25, -0.2) is 0 Å². The zero-order valence-electron chi connectivity index (χ0n) is 18.8. The first-order chi connectivity index (χ1) is 16.1. The maximum atomic E-state index is 13.2. The number of rotatable bonds is 5. The van der Waals surface area contributed by atoms with Gasteiger partial charge in [-0.15, -0.1) is 5.10 Å². The highest BCUT2D eigenvalue weighted by Crippen LogP contribution is 2.39. The van der Waals surface area contributed by atoms with Crippen molar-refractivity contribution in [3.8, 4) is 0 Å². The van der Waals surface area contributed by atoms with Gasteiger partial charge in [-0.2, -0.15) is 13.2 Å². The molecule has 4 rings (SSSR count). The minimum Gasteiger partial charge on any atom is -0.325 e. The van der Waals surface area contributed by atoms with Crippen LogP contribution in [0.3, 0.4) is 0 Å². The molecule has 0 aliphatic carbocycles. The fourth-order valence-corrected chi connectivity index (χ4v) is 4.82. The molecule has 1 aliphatic rings. The standard InChI is InChI=1S/C24H25BrF3N5O/c1-15-10-17(23(34)29-20-12-18(24(26,27)28)8-9-19(20)25)11-22(21-14-32(2)31-30-21)33(15)13-16-6-4-3-5-7-16/h3-9,12,14-15,17,22H,10-11,13H2,1-2H3,(H,29,34)/t15-,17?,22-/m0/s1. The van der Waals surface area contributed by atoms with Crippen molar-refractivity contribution in [1.29, 1.82) is 0 Å². The average Bonchev–Trinajstić information content (AvgIpc) is 3.22. The van der Waals surface area contributed by atoms with Crippen molar-refractivity contribution < 1.29 is 18.0 Å². The van der Waals surface area contributed by atoms with Crippen molar-refractivity contribution in [3.05, 3.63) is 76.0 Å². The quantitative estimate of drug-likeness (QED) is 0.463. The van der Waals surface area contributed by atoms with Gasteiger partial charge in [0.25, 0.3) is 0 Å². The lowest BCUT2D eigenvalue weighted by molar-refractivity contribution is -0.137. The number of likely N-dealkylation sites (tertiary alicyclic amines) is 1. The van der Waals surface area contributed by atoms with Gasteiger partial charge >= 0.3 is 6.18 Å². The van der Waals surface area contributed by atoms with Crippen LogP contribution in [-0.2, 0) is 24.6 Å². The maximum absolute atomic E-state index is 13.2. The predicted molar refractivity (Wildman–Crippen MR) is 126 cm³/mol. The summed E-state index contributed by atoms with van der Waals surface area (Å²) in [5.74, 6) is -0.699. The van der Waals surface area contributed by atoms with Crippen LogP contribution in [0.25, 0.3) is 0 Å².